The molecule has 2 rings (SSSR count). The summed E-state index contributed by atoms with van der Waals surface area (Å²) >= 11 is 0. The highest BCUT2D eigenvalue weighted by molar-refractivity contribution is 5.33. The molecule has 0 aliphatic heterocycles. The lowest BCUT2D eigenvalue weighted by Crippen LogP contribution is -2.32. The van der Waals surface area contributed by atoms with Gasteiger partial charge in [0.1, 0.15) is 0 Å². The van der Waals surface area contributed by atoms with Crippen LogP contribution < -0.4 is 5.32 Å². The summed E-state index contributed by atoms with van der Waals surface area (Å²) in [6.45, 7) is 7.96. The van der Waals surface area contributed by atoms with E-state index < -0.39 is 0 Å². The van der Waals surface area contributed by atoms with Crippen molar-refractivity contribution in [2.75, 3.05) is 6.54 Å². The lowest BCUT2D eigenvalue weighted by molar-refractivity contribution is 0.294. The van der Waals surface area contributed by atoms with Crippen molar-refractivity contribution >= 4 is 0 Å². The van der Waals surface area contributed by atoms with Gasteiger partial charge in [-0.1, -0.05) is 57.9 Å². The molecule has 2 atom stereocenters. The van der Waals surface area contributed by atoms with E-state index in [2.05, 4.69) is 50.4 Å². The maximum absolute atomic E-state index is 3.73. The van der Waals surface area contributed by atoms with Crippen LogP contribution in [-0.2, 0) is 6.42 Å². The zero-order valence-electron chi connectivity index (χ0n) is 12.8. The van der Waals surface area contributed by atoms with Crippen molar-refractivity contribution in [2.24, 2.45) is 11.8 Å². The van der Waals surface area contributed by atoms with Crippen molar-refractivity contribution < 1.29 is 0 Å². The highest BCUT2D eigenvalue weighted by Gasteiger charge is 2.28. The van der Waals surface area contributed by atoms with E-state index in [1.165, 1.54) is 32.1 Å². The number of aryl methyl sites for hydroxylation is 1. The van der Waals surface area contributed by atoms with Crippen molar-refractivity contribution in [3.63, 3.8) is 0 Å². The van der Waals surface area contributed by atoms with Gasteiger partial charge in [0.15, 0.2) is 0 Å². The van der Waals surface area contributed by atoms with E-state index in [1.54, 1.807) is 11.1 Å². The first-order chi connectivity index (χ1) is 9.22. The molecule has 0 heterocycles. The zero-order valence-corrected chi connectivity index (χ0v) is 12.8. The first-order valence-electron chi connectivity index (χ1n) is 8.03. The number of rotatable bonds is 6. The molecule has 0 spiro atoms. The second kappa shape index (κ2) is 7.09. The molecule has 1 N–H and O–H groups in total. The lowest BCUT2D eigenvalue weighted by Gasteiger charge is -2.34. The molecule has 1 aliphatic rings. The molecule has 0 radical (unpaired) electrons. The molecule has 0 saturated carbocycles. The fourth-order valence-electron chi connectivity index (χ4n) is 3.42. The molecule has 106 valence electrons. The molecule has 1 aliphatic carbocycles. The average Bonchev–Trinajstić information content (AvgIpc) is 2.41. The van der Waals surface area contributed by atoms with E-state index in [1.807, 2.05) is 0 Å². The average molecular weight is 259 g/mol. The van der Waals surface area contributed by atoms with Gasteiger partial charge in [0.2, 0.25) is 0 Å². The molecule has 1 heteroatoms. The Labute approximate surface area is 118 Å². The summed E-state index contributed by atoms with van der Waals surface area (Å²) in [7, 11) is 0. The SMILES string of the molecule is CCNC1c2ccccc2CCC1CCCC(C)C. The third-order valence-electron chi connectivity index (χ3n) is 4.43. The third kappa shape index (κ3) is 3.82. The summed E-state index contributed by atoms with van der Waals surface area (Å²) < 4.78 is 0. The van der Waals surface area contributed by atoms with Crippen LogP contribution in [0.5, 0.6) is 0 Å². The van der Waals surface area contributed by atoms with Crippen LogP contribution in [0.2, 0.25) is 0 Å². The van der Waals surface area contributed by atoms with Crippen molar-refractivity contribution in [1.29, 1.82) is 0 Å². The largest absolute Gasteiger partial charge is 0.310 e. The summed E-state index contributed by atoms with van der Waals surface area (Å²) in [6.07, 6.45) is 6.75. The number of nitrogens with one attached hydrogen (secondary N) is 1. The molecule has 0 saturated heterocycles. The van der Waals surface area contributed by atoms with Gasteiger partial charge in [0, 0.05) is 6.04 Å². The maximum atomic E-state index is 3.73. The molecule has 2 unspecified atom stereocenters. The minimum atomic E-state index is 0.585. The van der Waals surface area contributed by atoms with Crippen molar-refractivity contribution in [3.05, 3.63) is 35.4 Å². The number of hydrogen-bond donors (Lipinski definition) is 1. The second-order valence-electron chi connectivity index (χ2n) is 6.36. The molecular formula is C18H29N. The van der Waals surface area contributed by atoms with Gasteiger partial charge >= 0.3 is 0 Å². The first kappa shape index (κ1) is 14.6. The molecule has 0 bridgehead atoms. The molecule has 1 nitrogen and oxygen atoms in total. The zero-order chi connectivity index (χ0) is 13.7. The van der Waals surface area contributed by atoms with Gasteiger partial charge < -0.3 is 5.32 Å². The fraction of sp³-hybridized carbons (Fsp3) is 0.667. The summed E-state index contributed by atoms with van der Waals surface area (Å²) in [5.41, 5.74) is 3.12. The molecule has 0 aromatic heterocycles. The Morgan fingerprint density at radius 2 is 2.05 bits per heavy atom. The number of benzene rings is 1. The molecule has 0 fully saturated rings. The standard InChI is InChI=1S/C18H29N/c1-4-19-18-16(10-7-8-14(2)3)13-12-15-9-5-6-11-17(15)18/h5-6,9,11,14,16,18-19H,4,7-8,10,12-13H2,1-3H3. The summed E-state index contributed by atoms with van der Waals surface area (Å²) in [5, 5.41) is 3.73. The van der Waals surface area contributed by atoms with Crippen LogP contribution in [0.4, 0.5) is 0 Å². The van der Waals surface area contributed by atoms with E-state index in [-0.39, 0.29) is 0 Å². The van der Waals surface area contributed by atoms with Crippen LogP contribution in [0, 0.1) is 11.8 Å². The van der Waals surface area contributed by atoms with Crippen molar-refractivity contribution in [1.82, 2.24) is 5.32 Å². The lowest BCUT2D eigenvalue weighted by atomic mass is 9.77. The predicted molar refractivity (Wildman–Crippen MR) is 83.4 cm³/mol. The number of hydrogen-bond acceptors (Lipinski definition) is 1. The minimum Gasteiger partial charge on any atom is -0.310 e. The van der Waals surface area contributed by atoms with Crippen LogP contribution in [0.1, 0.15) is 63.6 Å². The Morgan fingerprint density at radius 3 is 2.79 bits per heavy atom. The van der Waals surface area contributed by atoms with Gasteiger partial charge in [0.25, 0.3) is 0 Å². The van der Waals surface area contributed by atoms with E-state index in [0.29, 0.717) is 6.04 Å². The smallest absolute Gasteiger partial charge is 0.0351 e. The fourth-order valence-corrected chi connectivity index (χ4v) is 3.42. The third-order valence-corrected chi connectivity index (χ3v) is 4.43. The van der Waals surface area contributed by atoms with Gasteiger partial charge in [-0.05, 0) is 48.8 Å². The van der Waals surface area contributed by atoms with Crippen LogP contribution >= 0.6 is 0 Å². The molecular weight excluding hydrogens is 230 g/mol. The summed E-state index contributed by atoms with van der Waals surface area (Å²) in [5.74, 6) is 1.67. The topological polar surface area (TPSA) is 12.0 Å². The van der Waals surface area contributed by atoms with Crippen LogP contribution in [0.3, 0.4) is 0 Å². The van der Waals surface area contributed by atoms with Crippen LogP contribution in [0.15, 0.2) is 24.3 Å². The van der Waals surface area contributed by atoms with E-state index in [4.69, 9.17) is 0 Å². The normalized spacial score (nSPS) is 22.5. The first-order valence-corrected chi connectivity index (χ1v) is 8.03. The van der Waals surface area contributed by atoms with Gasteiger partial charge in [0.05, 0.1) is 0 Å². The van der Waals surface area contributed by atoms with Crippen LogP contribution in [0.25, 0.3) is 0 Å². The van der Waals surface area contributed by atoms with Gasteiger partial charge in [-0.25, -0.2) is 0 Å². The summed E-state index contributed by atoms with van der Waals surface area (Å²) in [4.78, 5) is 0. The van der Waals surface area contributed by atoms with Gasteiger partial charge in [-0.2, -0.15) is 0 Å². The van der Waals surface area contributed by atoms with E-state index in [0.717, 1.165) is 18.4 Å². The molecule has 1 aromatic carbocycles. The highest BCUT2D eigenvalue weighted by atomic mass is 14.9. The molecule has 1 aromatic rings. The predicted octanol–water partition coefficient (Wildman–Crippen LogP) is 4.73. The molecule has 19 heavy (non-hydrogen) atoms. The van der Waals surface area contributed by atoms with Crippen molar-refractivity contribution in [3.8, 4) is 0 Å². The minimum absolute atomic E-state index is 0.585. The Balaban J connectivity index is 2.04. The Kier molecular flexibility index (Phi) is 5.45. The summed E-state index contributed by atoms with van der Waals surface area (Å²) in [6, 6.07) is 9.60. The van der Waals surface area contributed by atoms with E-state index in [9.17, 15) is 0 Å². The highest BCUT2D eigenvalue weighted by Crippen LogP contribution is 2.37. The second-order valence-corrected chi connectivity index (χ2v) is 6.36. The van der Waals surface area contributed by atoms with Crippen molar-refractivity contribution in [2.45, 2.75) is 58.9 Å². The Hall–Kier alpha value is -0.820. The Bertz CT molecular complexity index is 383. The molecule has 0 amide bonds. The maximum Gasteiger partial charge on any atom is 0.0351 e. The monoisotopic (exact) mass is 259 g/mol. The van der Waals surface area contributed by atoms with Gasteiger partial charge in [-0.3, -0.25) is 0 Å². The van der Waals surface area contributed by atoms with Crippen LogP contribution in [-0.4, -0.2) is 6.54 Å². The quantitative estimate of drug-likeness (QED) is 0.779. The number of fused-ring (bicyclic) bond motifs is 1. The van der Waals surface area contributed by atoms with E-state index >= 15 is 0 Å². The Morgan fingerprint density at radius 1 is 1.26 bits per heavy atom. The van der Waals surface area contributed by atoms with Gasteiger partial charge in [-0.15, -0.1) is 0 Å².